The molecule has 1 aliphatic rings. The Balaban J connectivity index is 1.39. The lowest BCUT2D eigenvalue weighted by Gasteiger charge is -2.34. The standard InChI is InChI=1S/C26H29ClF2N6O4/c1-35-19(17-5-6-20(39-2)22(29)21(17)28)12-32-23(35)26(38)33-14-3-4-16(18(27)11-14)25(37)34-15-9-13(10-15)24(36)31-8-7-30/h3-6,11-13,15,26,33,38H,7-10,30H2,1-2H3,(H,31,36)(H,34,37)/t13-,15+,26?. The van der Waals surface area contributed by atoms with E-state index in [0.717, 1.165) is 0 Å². The number of hydrogen-bond donors (Lipinski definition) is 5. The number of hydrogen-bond acceptors (Lipinski definition) is 7. The van der Waals surface area contributed by atoms with Crippen LogP contribution in [0.25, 0.3) is 11.3 Å². The van der Waals surface area contributed by atoms with Crippen LogP contribution >= 0.6 is 11.6 Å². The Bertz CT molecular complexity index is 1380. The number of imidazole rings is 1. The molecule has 0 bridgehead atoms. The molecule has 2 aromatic carbocycles. The molecule has 208 valence electrons. The summed E-state index contributed by atoms with van der Waals surface area (Å²) in [6.45, 7) is 0.784. The van der Waals surface area contributed by atoms with Crippen molar-refractivity contribution < 1.29 is 28.2 Å². The summed E-state index contributed by atoms with van der Waals surface area (Å²) in [6.07, 6.45) is 1.05. The minimum Gasteiger partial charge on any atom is -0.494 e. The van der Waals surface area contributed by atoms with Gasteiger partial charge in [0.05, 0.1) is 29.6 Å². The van der Waals surface area contributed by atoms with E-state index < -0.39 is 17.9 Å². The number of anilines is 1. The zero-order valence-corrected chi connectivity index (χ0v) is 22.1. The number of carbonyl (C=O) groups excluding carboxylic acids is 2. The molecule has 1 aromatic heterocycles. The molecule has 1 unspecified atom stereocenters. The normalized spacial score (nSPS) is 17.2. The van der Waals surface area contributed by atoms with Crippen LogP contribution in [0.2, 0.25) is 5.02 Å². The maximum Gasteiger partial charge on any atom is 0.253 e. The zero-order chi connectivity index (χ0) is 28.3. The van der Waals surface area contributed by atoms with Gasteiger partial charge < -0.3 is 36.1 Å². The average molecular weight is 563 g/mol. The summed E-state index contributed by atoms with van der Waals surface area (Å²) < 4.78 is 35.0. The van der Waals surface area contributed by atoms with Crippen molar-refractivity contribution in [1.82, 2.24) is 20.2 Å². The van der Waals surface area contributed by atoms with Crippen molar-refractivity contribution in [2.45, 2.75) is 25.1 Å². The van der Waals surface area contributed by atoms with Crippen molar-refractivity contribution in [2.24, 2.45) is 18.7 Å². The van der Waals surface area contributed by atoms with E-state index in [4.69, 9.17) is 22.1 Å². The molecule has 1 heterocycles. The highest BCUT2D eigenvalue weighted by Crippen LogP contribution is 2.32. The molecule has 0 saturated heterocycles. The van der Waals surface area contributed by atoms with E-state index in [1.165, 1.54) is 42.1 Å². The van der Waals surface area contributed by atoms with Crippen LogP contribution in [0.3, 0.4) is 0 Å². The van der Waals surface area contributed by atoms with Gasteiger partial charge >= 0.3 is 0 Å². The van der Waals surface area contributed by atoms with E-state index in [0.29, 0.717) is 31.6 Å². The molecular weight excluding hydrogens is 534 g/mol. The molecule has 1 atom stereocenters. The summed E-state index contributed by atoms with van der Waals surface area (Å²) in [5.41, 5.74) is 6.22. The van der Waals surface area contributed by atoms with Crippen LogP contribution in [0.5, 0.6) is 5.75 Å². The van der Waals surface area contributed by atoms with Gasteiger partial charge in [-0.05, 0) is 43.2 Å². The summed E-state index contributed by atoms with van der Waals surface area (Å²) in [7, 11) is 2.79. The van der Waals surface area contributed by atoms with E-state index in [1.54, 1.807) is 13.1 Å². The number of nitrogens with zero attached hydrogens (tertiary/aromatic N) is 2. The Hall–Kier alpha value is -3.74. The van der Waals surface area contributed by atoms with Gasteiger partial charge in [-0.1, -0.05) is 11.6 Å². The third kappa shape index (κ3) is 5.97. The van der Waals surface area contributed by atoms with E-state index in [2.05, 4.69) is 20.9 Å². The highest BCUT2D eigenvalue weighted by atomic mass is 35.5. The monoisotopic (exact) mass is 562 g/mol. The van der Waals surface area contributed by atoms with Gasteiger partial charge in [-0.3, -0.25) is 9.59 Å². The predicted molar refractivity (Wildman–Crippen MR) is 141 cm³/mol. The van der Waals surface area contributed by atoms with Crippen molar-refractivity contribution >= 4 is 29.1 Å². The van der Waals surface area contributed by atoms with Gasteiger partial charge in [-0.15, -0.1) is 0 Å². The molecule has 6 N–H and O–H groups in total. The number of methoxy groups -OCH3 is 1. The zero-order valence-electron chi connectivity index (χ0n) is 21.3. The quantitative estimate of drug-likeness (QED) is 0.239. The second kappa shape index (κ2) is 12.0. The summed E-state index contributed by atoms with van der Waals surface area (Å²) in [5, 5.41) is 19.3. The number of benzene rings is 2. The maximum absolute atomic E-state index is 14.6. The molecule has 10 nitrogen and oxygen atoms in total. The Morgan fingerprint density at radius 1 is 1.26 bits per heavy atom. The van der Waals surface area contributed by atoms with Gasteiger partial charge in [0.15, 0.2) is 23.6 Å². The molecule has 13 heteroatoms. The Morgan fingerprint density at radius 2 is 2.00 bits per heavy atom. The second-order valence-electron chi connectivity index (χ2n) is 9.16. The van der Waals surface area contributed by atoms with E-state index in [1.807, 2.05) is 0 Å². The first kappa shape index (κ1) is 28.3. The fraction of sp³-hybridized carbons (Fsp3) is 0.346. The first-order chi connectivity index (χ1) is 18.6. The van der Waals surface area contributed by atoms with Crippen LogP contribution in [0, 0.1) is 17.6 Å². The smallest absolute Gasteiger partial charge is 0.253 e. The number of aliphatic hydroxyl groups is 1. The molecule has 1 saturated carbocycles. The number of ether oxygens (including phenoxy) is 1. The Morgan fingerprint density at radius 3 is 2.67 bits per heavy atom. The fourth-order valence-corrected chi connectivity index (χ4v) is 4.65. The number of aliphatic hydroxyl groups excluding tert-OH is 1. The number of aromatic nitrogens is 2. The number of carbonyl (C=O) groups is 2. The molecule has 1 aliphatic carbocycles. The largest absolute Gasteiger partial charge is 0.494 e. The van der Waals surface area contributed by atoms with Crippen LogP contribution in [-0.2, 0) is 11.8 Å². The molecule has 0 radical (unpaired) electrons. The first-order valence-corrected chi connectivity index (χ1v) is 12.6. The van der Waals surface area contributed by atoms with Gasteiger partial charge in [0.1, 0.15) is 0 Å². The van der Waals surface area contributed by atoms with E-state index in [9.17, 15) is 23.5 Å². The van der Waals surface area contributed by atoms with Crippen molar-refractivity contribution in [3.8, 4) is 17.0 Å². The molecule has 0 aliphatic heterocycles. The SMILES string of the molecule is COc1ccc(-c2cnc(C(O)Nc3ccc(C(=O)N[C@H]4C[C@@H](C(=O)NCCN)C4)c(Cl)c3)n2C)c(F)c1F. The topological polar surface area (TPSA) is 144 Å². The van der Waals surface area contributed by atoms with Crippen molar-refractivity contribution in [3.05, 3.63) is 64.6 Å². The fourth-order valence-electron chi connectivity index (χ4n) is 4.38. The van der Waals surface area contributed by atoms with Gasteiger partial charge in [0, 0.05) is 43.3 Å². The molecule has 39 heavy (non-hydrogen) atoms. The van der Waals surface area contributed by atoms with Gasteiger partial charge in [0.2, 0.25) is 11.7 Å². The molecule has 1 fully saturated rings. The molecular formula is C26H29ClF2N6O4. The third-order valence-electron chi connectivity index (χ3n) is 6.62. The number of nitrogens with one attached hydrogen (secondary N) is 3. The van der Waals surface area contributed by atoms with Gasteiger partial charge in [-0.2, -0.15) is 4.39 Å². The van der Waals surface area contributed by atoms with Gasteiger partial charge in [0.25, 0.3) is 5.91 Å². The summed E-state index contributed by atoms with van der Waals surface area (Å²) >= 11 is 6.34. The van der Waals surface area contributed by atoms with Crippen LogP contribution in [0.15, 0.2) is 36.5 Å². The lowest BCUT2D eigenvalue weighted by atomic mass is 9.79. The lowest BCUT2D eigenvalue weighted by Crippen LogP contribution is -2.49. The highest BCUT2D eigenvalue weighted by Gasteiger charge is 2.35. The predicted octanol–water partition coefficient (Wildman–Crippen LogP) is 2.71. The van der Waals surface area contributed by atoms with Crippen molar-refractivity contribution in [2.75, 3.05) is 25.5 Å². The summed E-state index contributed by atoms with van der Waals surface area (Å²) in [5.74, 6) is -2.91. The number of nitrogens with two attached hydrogens (primary N) is 1. The number of rotatable bonds is 10. The van der Waals surface area contributed by atoms with Gasteiger partial charge in [-0.25, -0.2) is 9.37 Å². The number of amides is 2. The summed E-state index contributed by atoms with van der Waals surface area (Å²) in [6, 6.07) is 7.08. The van der Waals surface area contributed by atoms with E-state index >= 15 is 0 Å². The molecule has 2 amide bonds. The Labute approximate surface area is 228 Å². The molecule has 0 spiro atoms. The van der Waals surface area contributed by atoms with Crippen LogP contribution in [0.1, 0.15) is 35.3 Å². The third-order valence-corrected chi connectivity index (χ3v) is 6.93. The van der Waals surface area contributed by atoms with Crippen LogP contribution < -0.4 is 26.4 Å². The summed E-state index contributed by atoms with van der Waals surface area (Å²) in [4.78, 5) is 28.8. The number of halogens is 3. The lowest BCUT2D eigenvalue weighted by molar-refractivity contribution is -0.128. The Kier molecular flexibility index (Phi) is 8.68. The second-order valence-corrected chi connectivity index (χ2v) is 9.57. The van der Waals surface area contributed by atoms with Crippen LogP contribution in [-0.4, -0.2) is 52.7 Å². The average Bonchev–Trinajstić information content (AvgIpc) is 3.27. The molecule has 4 rings (SSSR count). The highest BCUT2D eigenvalue weighted by molar-refractivity contribution is 6.34. The van der Waals surface area contributed by atoms with E-state index in [-0.39, 0.29) is 57.2 Å². The maximum atomic E-state index is 14.6. The van der Waals surface area contributed by atoms with Crippen molar-refractivity contribution in [1.29, 1.82) is 0 Å². The van der Waals surface area contributed by atoms with Crippen molar-refractivity contribution in [3.63, 3.8) is 0 Å². The minimum atomic E-state index is -1.33. The van der Waals surface area contributed by atoms with Crippen LogP contribution in [0.4, 0.5) is 14.5 Å². The first-order valence-electron chi connectivity index (χ1n) is 12.2. The minimum absolute atomic E-state index is 0.0471. The molecule has 3 aromatic rings.